The zero-order chi connectivity index (χ0) is 75.0. The molecule has 0 aromatic carbocycles. The summed E-state index contributed by atoms with van der Waals surface area (Å²) in [5, 5.41) is 17.8. The summed E-state index contributed by atoms with van der Waals surface area (Å²) in [6, 6.07) is -8.48. The smallest absolute Gasteiger partial charge is 0.246 e. The van der Waals surface area contributed by atoms with Crippen molar-refractivity contribution in [3.63, 3.8) is 0 Å². The molecule has 0 bridgehead atoms. The van der Waals surface area contributed by atoms with E-state index in [0.29, 0.717) is 39.1 Å². The van der Waals surface area contributed by atoms with E-state index in [1.807, 2.05) is 80.2 Å². The molecule has 1 saturated heterocycles. The maximum atomic E-state index is 15.2. The van der Waals surface area contributed by atoms with Crippen LogP contribution < -0.4 is 10.6 Å². The maximum absolute atomic E-state index is 15.2. The van der Waals surface area contributed by atoms with Crippen LogP contribution in [0.15, 0.2) is 12.2 Å². The van der Waals surface area contributed by atoms with Crippen LogP contribution >= 0.6 is 0 Å². The molecule has 558 valence electrons. The van der Waals surface area contributed by atoms with Gasteiger partial charge in [-0.05, 0) is 95.4 Å². The first kappa shape index (κ1) is 89.5. The highest BCUT2D eigenvalue weighted by atomic mass is 32.2. The number of ether oxygens (including phenoxy) is 1. The van der Waals surface area contributed by atoms with E-state index in [0.717, 1.165) is 4.90 Å². The summed E-state index contributed by atoms with van der Waals surface area (Å²) in [5.41, 5.74) is 0. The number of amides is 7. The summed E-state index contributed by atoms with van der Waals surface area (Å²) in [6.45, 7) is 33.9. The van der Waals surface area contributed by atoms with Crippen LogP contribution in [-0.4, -0.2) is 260 Å². The topological polar surface area (TPSA) is 298 Å². The van der Waals surface area contributed by atoms with Crippen molar-refractivity contribution in [2.45, 2.75) is 230 Å². The van der Waals surface area contributed by atoms with E-state index >= 15 is 14.4 Å². The number of Topliss-reactive ketones (excluding diaryl/α,β-unsaturated/α-hetero) is 4. The highest BCUT2D eigenvalue weighted by Crippen LogP contribution is 2.29. The molecule has 14 atom stereocenters. The molecule has 1 fully saturated rings. The Balaban J connectivity index is 3.48. The SMILES string of the molecule is C/C=C/C[C@@H](C)[C@@H](O)C(C(=O)N[C@@H](CC)C(=O)N(C)[C@H](C)C(C)=O)N(C)C(=O)[C@H](C(C)C)N(C)C(=O)[C@H](CC(C)C)N(C)C(=O)[C@H](CC(C)C)N(C)C(=O)[C@@H](C)CC(=O)[C@H](C)CC(=O)[C@H](CC(C)C)N(C)C(=O)[C@@H](CC(=O)[C@@H](NC)[C@H](C)COCCN1CCS(=O)(=O)CC1)C(C)C. The quantitative estimate of drug-likeness (QED) is 0.0494. The molecule has 0 spiro atoms. The molecule has 24 nitrogen and oxygen atoms in total. The van der Waals surface area contributed by atoms with Gasteiger partial charge in [0.05, 0.1) is 48.9 Å². The Hall–Kier alpha value is -5.50. The number of rotatable bonds is 44. The lowest BCUT2D eigenvalue weighted by Crippen LogP contribution is -2.63. The number of hydrogen-bond donors (Lipinski definition) is 3. The Labute approximate surface area is 583 Å². The molecular formula is C72H129N9O15S. The van der Waals surface area contributed by atoms with E-state index < -0.39 is 129 Å². The first-order chi connectivity index (χ1) is 44.9. The van der Waals surface area contributed by atoms with E-state index in [2.05, 4.69) is 10.6 Å². The Morgan fingerprint density at radius 3 is 1.49 bits per heavy atom. The van der Waals surface area contributed by atoms with Gasteiger partial charge in [0.15, 0.2) is 27.2 Å². The lowest BCUT2D eigenvalue weighted by atomic mass is 9.84. The zero-order valence-corrected chi connectivity index (χ0v) is 64.7. The molecule has 1 heterocycles. The molecule has 0 aromatic rings. The monoisotopic (exact) mass is 1390 g/mol. The van der Waals surface area contributed by atoms with E-state index in [-0.39, 0.29) is 115 Å². The molecular weight excluding hydrogens is 1260 g/mol. The van der Waals surface area contributed by atoms with Crippen molar-refractivity contribution >= 4 is 74.3 Å². The highest BCUT2D eigenvalue weighted by molar-refractivity contribution is 7.91. The molecule has 1 aliphatic rings. The van der Waals surface area contributed by atoms with Gasteiger partial charge in [0.2, 0.25) is 41.4 Å². The van der Waals surface area contributed by atoms with Crippen LogP contribution in [0, 0.1) is 59.2 Å². The normalized spacial score (nSPS) is 18.0. The fourth-order valence-corrected chi connectivity index (χ4v) is 13.9. The average molecular weight is 1390 g/mol. The van der Waals surface area contributed by atoms with Crippen LogP contribution in [0.3, 0.4) is 0 Å². The molecule has 1 rings (SSSR count). The number of carbonyl (C=O) groups excluding carboxylic acids is 11. The Kier molecular flexibility index (Phi) is 38.7. The number of allylic oxidation sites excluding steroid dienone is 2. The van der Waals surface area contributed by atoms with Crippen molar-refractivity contribution < 1.29 is 71.0 Å². The molecule has 3 N–H and O–H groups in total. The first-order valence-electron chi connectivity index (χ1n) is 35.3. The third kappa shape index (κ3) is 27.2. The van der Waals surface area contributed by atoms with E-state index in [4.69, 9.17) is 4.74 Å². The van der Waals surface area contributed by atoms with Gasteiger partial charge in [-0.3, -0.25) is 57.6 Å². The van der Waals surface area contributed by atoms with Crippen molar-refractivity contribution in [1.29, 1.82) is 0 Å². The van der Waals surface area contributed by atoms with Crippen molar-refractivity contribution in [1.82, 2.24) is 44.9 Å². The van der Waals surface area contributed by atoms with Gasteiger partial charge in [-0.1, -0.05) is 116 Å². The van der Waals surface area contributed by atoms with Gasteiger partial charge < -0.3 is 49.9 Å². The molecule has 1 unspecified atom stereocenters. The standard InChI is InChI=1S/C72H129N9O15S/c1-26-28-29-48(13)65(86)64(66(87)74-55(27-2)69(90)75(20)52(17)53(18)82)80(25)72(93)63(47(11)12)79(24)71(92)58(38-45(7)8)78(23)70(91)57(37-44(5)6)77(22)67(88)50(15)40-59(83)49(14)39-60(84)56(36-43(3)4)76(21)68(89)54(46(9)10)41-61(85)62(73-19)51(16)42-96-33-30-81-31-34-97(94,95)35-32-81/h26,28,43-52,54-58,62-65,73,86H,27,29-42H2,1-25H3,(H,74,87)/b28-26+/t48-,49-,50+,51-,52-,54+,55+,56+,57+,58+,62+,63+,64?,65-/m1/s1. The molecule has 0 saturated carbocycles. The second-order valence-electron chi connectivity index (χ2n) is 29.8. The van der Waals surface area contributed by atoms with Crippen molar-refractivity contribution in [2.24, 2.45) is 59.2 Å². The van der Waals surface area contributed by atoms with E-state index in [1.165, 1.54) is 66.7 Å². The van der Waals surface area contributed by atoms with Gasteiger partial charge in [-0.25, -0.2) is 8.42 Å². The number of carbonyl (C=O) groups is 11. The fraction of sp³-hybridized carbons (Fsp3) is 0.819. The van der Waals surface area contributed by atoms with Gasteiger partial charge in [-0.15, -0.1) is 0 Å². The number of aliphatic hydroxyl groups is 1. The summed E-state index contributed by atoms with van der Waals surface area (Å²) in [4.78, 5) is 167. The first-order valence-corrected chi connectivity index (χ1v) is 37.2. The summed E-state index contributed by atoms with van der Waals surface area (Å²) in [7, 11) is 7.48. The Morgan fingerprint density at radius 1 is 0.557 bits per heavy atom. The predicted molar refractivity (Wildman–Crippen MR) is 379 cm³/mol. The number of nitrogens with one attached hydrogen (secondary N) is 2. The fourth-order valence-electron chi connectivity index (χ4n) is 12.7. The van der Waals surface area contributed by atoms with Crippen molar-refractivity contribution in [2.75, 3.05) is 93.7 Å². The van der Waals surface area contributed by atoms with Crippen molar-refractivity contribution in [3.8, 4) is 0 Å². The third-order valence-corrected chi connectivity index (χ3v) is 21.1. The summed E-state index contributed by atoms with van der Waals surface area (Å²) in [6.07, 6.45) is 2.69. The molecule has 7 amide bonds. The van der Waals surface area contributed by atoms with Crippen LogP contribution in [-0.2, 0) is 67.3 Å². The number of likely N-dealkylation sites (N-methyl/N-ethyl adjacent to an activating group) is 7. The average Bonchev–Trinajstić information content (AvgIpc) is 0.808. The number of aliphatic hydroxyl groups excluding tert-OH is 1. The third-order valence-electron chi connectivity index (χ3n) is 19.5. The summed E-state index contributed by atoms with van der Waals surface area (Å²) < 4.78 is 29.6. The second-order valence-corrected chi connectivity index (χ2v) is 32.1. The number of nitrogens with zero attached hydrogens (tertiary/aromatic N) is 7. The highest BCUT2D eigenvalue weighted by Gasteiger charge is 2.46. The summed E-state index contributed by atoms with van der Waals surface area (Å²) in [5.74, 6) is -9.55. The number of hydrogen-bond acceptors (Lipinski definition) is 17. The molecule has 0 aliphatic carbocycles. The molecule has 25 heteroatoms. The molecule has 1 aliphatic heterocycles. The van der Waals surface area contributed by atoms with Gasteiger partial charge in [0.1, 0.15) is 36.0 Å². The zero-order valence-electron chi connectivity index (χ0n) is 63.9. The summed E-state index contributed by atoms with van der Waals surface area (Å²) >= 11 is 0. The van der Waals surface area contributed by atoms with Crippen LogP contribution in [0.5, 0.6) is 0 Å². The molecule has 0 aromatic heterocycles. The minimum atomic E-state index is -3.01. The van der Waals surface area contributed by atoms with Crippen LogP contribution in [0.25, 0.3) is 0 Å². The number of ketones is 4. The lowest BCUT2D eigenvalue weighted by molar-refractivity contribution is -0.157. The maximum Gasteiger partial charge on any atom is 0.246 e. The largest absolute Gasteiger partial charge is 0.390 e. The van der Waals surface area contributed by atoms with E-state index in [9.17, 15) is 51.9 Å². The Morgan fingerprint density at radius 2 is 1.03 bits per heavy atom. The van der Waals surface area contributed by atoms with Gasteiger partial charge in [0, 0.05) is 105 Å². The predicted octanol–water partition coefficient (Wildman–Crippen LogP) is 5.60. The van der Waals surface area contributed by atoms with Gasteiger partial charge in [0.25, 0.3) is 0 Å². The van der Waals surface area contributed by atoms with E-state index in [1.54, 1.807) is 68.6 Å². The number of sulfone groups is 1. The minimum Gasteiger partial charge on any atom is -0.390 e. The minimum absolute atomic E-state index is 0.0328. The van der Waals surface area contributed by atoms with Crippen LogP contribution in [0.1, 0.15) is 176 Å². The van der Waals surface area contributed by atoms with Gasteiger partial charge >= 0.3 is 0 Å². The van der Waals surface area contributed by atoms with Crippen LogP contribution in [0.2, 0.25) is 0 Å². The lowest BCUT2D eigenvalue weighted by Gasteiger charge is -2.41. The molecule has 97 heavy (non-hydrogen) atoms. The van der Waals surface area contributed by atoms with Gasteiger partial charge in [-0.2, -0.15) is 0 Å². The van der Waals surface area contributed by atoms with Crippen molar-refractivity contribution in [3.05, 3.63) is 12.2 Å². The Bertz CT molecular complexity index is 2740. The second kappa shape index (κ2) is 41.9. The molecule has 0 radical (unpaired) electrons. The van der Waals surface area contributed by atoms with Crippen LogP contribution in [0.4, 0.5) is 0 Å².